The summed E-state index contributed by atoms with van der Waals surface area (Å²) >= 11 is 1.54. The number of rotatable bonds is 6. The summed E-state index contributed by atoms with van der Waals surface area (Å²) in [6.07, 6.45) is 8.54. The minimum Gasteiger partial charge on any atom is -0.365 e. The molecular weight excluding hydrogens is 382 g/mol. The van der Waals surface area contributed by atoms with Crippen molar-refractivity contribution in [2.24, 2.45) is 5.73 Å². The van der Waals surface area contributed by atoms with Crippen LogP contribution in [-0.2, 0) is 24.1 Å². The predicted molar refractivity (Wildman–Crippen MR) is 115 cm³/mol. The van der Waals surface area contributed by atoms with E-state index in [0.717, 1.165) is 56.9 Å². The lowest BCUT2D eigenvalue weighted by atomic mass is 9.95. The molecule has 1 aromatic carbocycles. The van der Waals surface area contributed by atoms with Crippen molar-refractivity contribution in [2.45, 2.75) is 63.5 Å². The maximum atomic E-state index is 13.0. The summed E-state index contributed by atoms with van der Waals surface area (Å²) < 4.78 is 0. The number of anilines is 1. The lowest BCUT2D eigenvalue weighted by Crippen LogP contribution is -2.37. The van der Waals surface area contributed by atoms with Gasteiger partial charge in [0.15, 0.2) is 0 Å². The van der Waals surface area contributed by atoms with Crippen LogP contribution in [0.2, 0.25) is 0 Å². The number of hydrogen-bond acceptors (Lipinski definition) is 4. The minimum atomic E-state index is -0.427. The third kappa shape index (κ3) is 3.60. The summed E-state index contributed by atoms with van der Waals surface area (Å²) in [4.78, 5) is 28.7. The zero-order valence-electron chi connectivity index (χ0n) is 16.6. The predicted octanol–water partition coefficient (Wildman–Crippen LogP) is 3.82. The number of primary amides is 1. The molecule has 5 nitrogen and oxygen atoms in total. The van der Waals surface area contributed by atoms with Crippen LogP contribution in [-0.4, -0.2) is 29.3 Å². The molecule has 3 aliphatic carbocycles. The van der Waals surface area contributed by atoms with Crippen molar-refractivity contribution in [1.29, 1.82) is 0 Å². The topological polar surface area (TPSA) is 75.4 Å². The highest BCUT2D eigenvalue weighted by atomic mass is 32.1. The Bertz CT molecular complexity index is 963. The number of nitrogens with one attached hydrogen (secondary N) is 1. The summed E-state index contributed by atoms with van der Waals surface area (Å²) in [6.45, 7) is 0.366. The molecule has 1 saturated carbocycles. The molecule has 3 N–H and O–H groups in total. The average Bonchev–Trinajstić information content (AvgIpc) is 3.35. The third-order valence-electron chi connectivity index (χ3n) is 6.51. The molecule has 5 rings (SSSR count). The Kier molecular flexibility index (Phi) is 4.92. The first-order valence-electron chi connectivity index (χ1n) is 10.7. The van der Waals surface area contributed by atoms with Gasteiger partial charge >= 0.3 is 0 Å². The summed E-state index contributed by atoms with van der Waals surface area (Å²) in [7, 11) is 0. The molecule has 1 fully saturated rings. The van der Waals surface area contributed by atoms with Crippen molar-refractivity contribution in [2.75, 3.05) is 11.9 Å². The lowest BCUT2D eigenvalue weighted by molar-refractivity contribution is -0.118. The van der Waals surface area contributed by atoms with E-state index in [0.29, 0.717) is 29.2 Å². The summed E-state index contributed by atoms with van der Waals surface area (Å²) in [5.74, 6) is -0.467. The Morgan fingerprint density at radius 3 is 2.69 bits per heavy atom. The summed E-state index contributed by atoms with van der Waals surface area (Å²) in [5.41, 5.74) is 10.1. The molecule has 1 unspecified atom stereocenters. The van der Waals surface area contributed by atoms with E-state index in [9.17, 15) is 9.59 Å². The molecule has 1 atom stereocenters. The van der Waals surface area contributed by atoms with Gasteiger partial charge in [-0.2, -0.15) is 0 Å². The van der Waals surface area contributed by atoms with E-state index < -0.39 is 5.91 Å². The van der Waals surface area contributed by atoms with Crippen LogP contribution in [0.5, 0.6) is 0 Å². The maximum Gasteiger partial charge on any atom is 0.251 e. The van der Waals surface area contributed by atoms with Gasteiger partial charge in [-0.25, -0.2) is 0 Å². The maximum absolute atomic E-state index is 13.0. The molecule has 152 valence electrons. The van der Waals surface area contributed by atoms with E-state index in [-0.39, 0.29) is 5.91 Å². The number of nitrogens with two attached hydrogens (primary N) is 1. The molecule has 29 heavy (non-hydrogen) atoms. The van der Waals surface area contributed by atoms with Crippen molar-refractivity contribution < 1.29 is 9.59 Å². The van der Waals surface area contributed by atoms with Crippen molar-refractivity contribution >= 4 is 28.2 Å². The number of hydrogen-bond donors (Lipinski definition) is 2. The van der Waals surface area contributed by atoms with E-state index in [1.807, 2.05) is 0 Å². The molecule has 2 aromatic rings. The molecule has 0 bridgehead atoms. The Morgan fingerprint density at radius 1 is 1.10 bits per heavy atom. The Balaban J connectivity index is 1.35. The number of amides is 2. The zero-order valence-corrected chi connectivity index (χ0v) is 17.4. The Hall–Kier alpha value is -2.18. The fourth-order valence-corrected chi connectivity index (χ4v) is 6.34. The molecule has 1 heterocycles. The van der Waals surface area contributed by atoms with Crippen LogP contribution >= 0.6 is 11.3 Å². The highest BCUT2D eigenvalue weighted by molar-refractivity contribution is 7.17. The number of thiophene rings is 1. The molecule has 6 heteroatoms. The fraction of sp³-hybridized carbons (Fsp3) is 0.478. The van der Waals surface area contributed by atoms with Crippen molar-refractivity contribution in [1.82, 2.24) is 4.90 Å². The highest BCUT2D eigenvalue weighted by Gasteiger charge is 2.38. The quantitative estimate of drug-likeness (QED) is 0.762. The first-order valence-corrected chi connectivity index (χ1v) is 11.5. The van der Waals surface area contributed by atoms with Gasteiger partial charge in [-0.3, -0.25) is 14.5 Å². The van der Waals surface area contributed by atoms with Crippen molar-refractivity contribution in [3.05, 3.63) is 51.4 Å². The van der Waals surface area contributed by atoms with Gasteiger partial charge in [-0.05, 0) is 68.1 Å². The van der Waals surface area contributed by atoms with Crippen LogP contribution < -0.4 is 11.1 Å². The second-order valence-electron chi connectivity index (χ2n) is 8.48. The van der Waals surface area contributed by atoms with Crippen LogP contribution in [0.3, 0.4) is 0 Å². The monoisotopic (exact) mass is 409 g/mol. The normalized spacial score (nSPS) is 20.4. The smallest absolute Gasteiger partial charge is 0.251 e. The van der Waals surface area contributed by atoms with Gasteiger partial charge in [-0.15, -0.1) is 11.3 Å². The van der Waals surface area contributed by atoms with Gasteiger partial charge in [-0.1, -0.05) is 24.3 Å². The number of aryl methyl sites for hydroxylation is 2. The van der Waals surface area contributed by atoms with E-state index in [4.69, 9.17) is 5.73 Å². The largest absolute Gasteiger partial charge is 0.365 e. The van der Waals surface area contributed by atoms with Gasteiger partial charge in [0, 0.05) is 17.0 Å². The molecule has 0 aliphatic heterocycles. The van der Waals surface area contributed by atoms with Gasteiger partial charge in [0.05, 0.1) is 12.1 Å². The third-order valence-corrected chi connectivity index (χ3v) is 7.72. The van der Waals surface area contributed by atoms with Crippen LogP contribution in [0, 0.1) is 0 Å². The van der Waals surface area contributed by atoms with Gasteiger partial charge < -0.3 is 11.1 Å². The first kappa shape index (κ1) is 18.8. The van der Waals surface area contributed by atoms with Gasteiger partial charge in [0.2, 0.25) is 5.91 Å². The molecule has 0 radical (unpaired) electrons. The fourth-order valence-electron chi connectivity index (χ4n) is 5.03. The zero-order chi connectivity index (χ0) is 20.0. The Morgan fingerprint density at radius 2 is 1.90 bits per heavy atom. The molecule has 2 amide bonds. The van der Waals surface area contributed by atoms with Crippen LogP contribution in [0.15, 0.2) is 24.3 Å². The van der Waals surface area contributed by atoms with Crippen molar-refractivity contribution in [3.63, 3.8) is 0 Å². The molecule has 0 spiro atoms. The number of carbonyl (C=O) groups excluding carboxylic acids is 2. The molecule has 3 aliphatic rings. The minimum absolute atomic E-state index is 0.0395. The molecular formula is C23H27N3O2S. The molecule has 0 saturated heterocycles. The number of carbonyl (C=O) groups is 2. The average molecular weight is 410 g/mol. The van der Waals surface area contributed by atoms with E-state index in [1.54, 1.807) is 0 Å². The van der Waals surface area contributed by atoms with Gasteiger partial charge in [0.25, 0.3) is 5.91 Å². The summed E-state index contributed by atoms with van der Waals surface area (Å²) in [5, 5.41) is 3.70. The lowest BCUT2D eigenvalue weighted by Gasteiger charge is -2.29. The van der Waals surface area contributed by atoms with E-state index >= 15 is 0 Å². The number of benzene rings is 1. The van der Waals surface area contributed by atoms with Gasteiger partial charge in [0.1, 0.15) is 5.00 Å². The standard InChI is InChI=1S/C23H27N3O2S/c24-22(28)21-17-7-3-4-8-19(17)29-23(21)25-20(27)13-26(15-10-11-15)18-12-9-14-5-1-2-6-16(14)18/h1-2,5-6,15,18H,3-4,7-13H2,(H2,24,28)(H,25,27). The first-order chi connectivity index (χ1) is 14.1. The SMILES string of the molecule is NC(=O)c1c(NC(=O)CN(C2CC2)C2CCc3ccccc32)sc2c1CCCC2. The highest BCUT2D eigenvalue weighted by Crippen LogP contribution is 2.42. The van der Waals surface area contributed by atoms with E-state index in [1.165, 1.54) is 27.3 Å². The summed E-state index contributed by atoms with van der Waals surface area (Å²) in [6, 6.07) is 9.41. The van der Waals surface area contributed by atoms with E-state index in [2.05, 4.69) is 34.5 Å². The second kappa shape index (κ2) is 7.58. The number of nitrogens with zero attached hydrogens (tertiary/aromatic N) is 1. The Labute approximate surface area is 175 Å². The second-order valence-corrected chi connectivity index (χ2v) is 9.59. The van der Waals surface area contributed by atoms with Crippen LogP contribution in [0.4, 0.5) is 5.00 Å². The van der Waals surface area contributed by atoms with Crippen LogP contribution in [0.25, 0.3) is 0 Å². The molecule has 1 aromatic heterocycles. The van der Waals surface area contributed by atoms with Crippen LogP contribution in [0.1, 0.15) is 70.1 Å². The number of fused-ring (bicyclic) bond motifs is 2. The van der Waals surface area contributed by atoms with Crippen molar-refractivity contribution in [3.8, 4) is 0 Å².